The van der Waals surface area contributed by atoms with E-state index in [-0.39, 0.29) is 92.7 Å². The molecule has 3 aromatic carbocycles. The van der Waals surface area contributed by atoms with Gasteiger partial charge in [0.15, 0.2) is 0 Å². The van der Waals surface area contributed by atoms with Crippen molar-refractivity contribution in [3.63, 3.8) is 0 Å². The fourth-order valence-electron chi connectivity index (χ4n) is 13.2. The topological polar surface area (TPSA) is 414 Å². The van der Waals surface area contributed by atoms with E-state index in [0.29, 0.717) is 76.5 Å². The molecule has 2 aliphatic heterocycles. The first-order chi connectivity index (χ1) is 51.5. The number of para-hydroxylation sites is 1. The summed E-state index contributed by atoms with van der Waals surface area (Å²) in [7, 11) is 0. The van der Waals surface area contributed by atoms with E-state index in [1.807, 2.05) is 20.1 Å². The lowest BCUT2D eigenvalue weighted by Gasteiger charge is -2.32. The number of carbonyl (C=O) groups is 11. The van der Waals surface area contributed by atoms with Crippen LogP contribution in [0.1, 0.15) is 110 Å². The highest BCUT2D eigenvalue weighted by Gasteiger charge is 2.43. The molecule has 28 nitrogen and oxygen atoms in total. The van der Waals surface area contributed by atoms with Gasteiger partial charge in [-0.05, 0) is 128 Å². The molecule has 6 heterocycles. The normalized spacial score (nSPS) is 16.3. The number of primary amides is 1. The van der Waals surface area contributed by atoms with Crippen LogP contribution in [0.25, 0.3) is 10.9 Å². The van der Waals surface area contributed by atoms with Gasteiger partial charge in [0, 0.05) is 106 Å². The predicted octanol–water partition coefficient (Wildman–Crippen LogP) is 3.51. The Morgan fingerprint density at radius 3 is 1.64 bits per heavy atom. The van der Waals surface area contributed by atoms with Crippen molar-refractivity contribution in [2.24, 2.45) is 17.4 Å². The van der Waals surface area contributed by atoms with Gasteiger partial charge in [-0.15, -0.1) is 0 Å². The second kappa shape index (κ2) is 39.4. The van der Waals surface area contributed by atoms with Gasteiger partial charge in [-0.1, -0.05) is 104 Å². The summed E-state index contributed by atoms with van der Waals surface area (Å²) in [5.41, 5.74) is 16.0. The first kappa shape index (κ1) is 80.1. The van der Waals surface area contributed by atoms with E-state index in [2.05, 4.69) is 62.5 Å². The van der Waals surface area contributed by atoms with Gasteiger partial charge < -0.3 is 68.8 Å². The largest absolute Gasteiger partial charge is 0.370 e. The van der Waals surface area contributed by atoms with E-state index >= 15 is 19.2 Å². The SMILES string of the molecule is CC(C)C[C@@H]([C]=O)NC(=O)[C@@H](Cc1cccnc1)NC(=O)[C@H](Cc1ccccc1)NC(=O)[C@@H](Cc1c[nH]c2ccccc12)NC(=O)[C@H](CC(N)=O)NC(=O)[C@@H](Cc1ccc(Cl)c(Cl)c1)NC(=O)[C@@H]1CCCN1C(=O)[C@H](Cc1cccnc1)NC(=O)[C@@H]1CCCN1C(=O)[C@H](N)CCCCNC(=O)c1cccnc1. The summed E-state index contributed by atoms with van der Waals surface area (Å²) in [6, 6.07) is 17.1. The van der Waals surface area contributed by atoms with Crippen LogP contribution in [-0.4, -0.2) is 181 Å². The van der Waals surface area contributed by atoms with Crippen LogP contribution in [0, 0.1) is 5.92 Å². The van der Waals surface area contributed by atoms with Crippen LogP contribution >= 0.6 is 23.2 Å². The van der Waals surface area contributed by atoms with Crippen molar-refractivity contribution in [1.82, 2.24) is 72.3 Å². The summed E-state index contributed by atoms with van der Waals surface area (Å²) < 4.78 is 0. The number of nitrogens with zero attached hydrogens (tertiary/aromatic N) is 5. The third-order valence-electron chi connectivity index (χ3n) is 18.6. The minimum absolute atomic E-state index is 0.00666. The van der Waals surface area contributed by atoms with Gasteiger partial charge in [-0.2, -0.15) is 0 Å². The van der Waals surface area contributed by atoms with Crippen molar-refractivity contribution in [1.29, 1.82) is 0 Å². The molecule has 0 unspecified atom stereocenters. The molecule has 10 atom stereocenters. The molecule has 2 aliphatic rings. The summed E-state index contributed by atoms with van der Waals surface area (Å²) in [6.45, 7) is 4.36. The number of amides is 11. The lowest BCUT2D eigenvalue weighted by Crippen LogP contribution is -2.61. The third kappa shape index (κ3) is 23.3. The zero-order valence-corrected chi connectivity index (χ0v) is 60.9. The molecule has 4 aromatic heterocycles. The van der Waals surface area contributed by atoms with Crippen molar-refractivity contribution in [3.8, 4) is 0 Å². The summed E-state index contributed by atoms with van der Waals surface area (Å²) in [6.07, 6.45) is 13.7. The van der Waals surface area contributed by atoms with Gasteiger partial charge in [0.1, 0.15) is 48.3 Å². The molecule has 13 N–H and O–H groups in total. The molecular formula is C77H89Cl2N16O12. The third-order valence-corrected chi connectivity index (χ3v) is 19.4. The molecule has 0 bridgehead atoms. The maximum atomic E-state index is 15.2. The molecule has 0 spiro atoms. The number of aromatic amines is 1. The number of rotatable bonds is 37. The van der Waals surface area contributed by atoms with Crippen LogP contribution in [0.15, 0.2) is 153 Å². The molecule has 2 fully saturated rings. The fourth-order valence-corrected chi connectivity index (χ4v) is 13.5. The van der Waals surface area contributed by atoms with Crippen molar-refractivity contribution in [2.75, 3.05) is 19.6 Å². The maximum absolute atomic E-state index is 15.2. The Kier molecular flexibility index (Phi) is 29.5. The average molecular weight is 1500 g/mol. The molecule has 0 aliphatic carbocycles. The lowest BCUT2D eigenvalue weighted by molar-refractivity contribution is -0.144. The highest BCUT2D eigenvalue weighted by Crippen LogP contribution is 2.27. The first-order valence-corrected chi connectivity index (χ1v) is 36.4. The molecule has 0 saturated carbocycles. The number of halogens is 2. The standard InChI is InChI=1S/C77H89Cl2N16O12/c1-46(2)33-53(45-96)87-69(99)61(37-49-17-10-27-82-41-49)89-70(100)59(35-47-15-4-3-5-16-47)88-72(102)62(39-52-44-86-58-22-7-6-20-54(52)58)90-73(103)63(40-67(81)97)91-71(101)60(36-48-25-26-55(78)56(79)34-48)92-74(104)66-24-14-32-95(66)77(107)64(38-50-18-11-28-83-42-50)93-75(105)65-23-13-31-94(65)76(106)57(80)21-8-9-30-85-68(98)51-19-12-29-84-43-51/h3-7,10-12,15-20,22,25-29,34,41-44,46,53,57,59-66,86H,8-9,13-14,21,23-24,30-33,35-40,80H2,1-2H3,(H2,81,97)(H,85,98)(H,87,99)(H,88,102)(H,89,100)(H,90,103)(H,91,101)(H,92,104)(H,93,105)/t53-,57+,59-,60+,61+,62+,63-,64-,65-,66-/m0/s1. The maximum Gasteiger partial charge on any atom is 0.252 e. The minimum atomic E-state index is -1.84. The first-order valence-electron chi connectivity index (χ1n) is 35.7. The number of likely N-dealkylation sites (tertiary alicyclic amines) is 2. The number of benzene rings is 3. The van der Waals surface area contributed by atoms with E-state index in [1.54, 1.807) is 122 Å². The van der Waals surface area contributed by atoms with E-state index in [4.69, 9.17) is 34.7 Å². The molecule has 1 radical (unpaired) electrons. The van der Waals surface area contributed by atoms with Gasteiger partial charge in [-0.3, -0.25) is 72.5 Å². The molecule has 107 heavy (non-hydrogen) atoms. The number of nitrogens with one attached hydrogen (secondary N) is 9. The number of fused-ring (bicyclic) bond motifs is 1. The van der Waals surface area contributed by atoms with Crippen LogP contribution < -0.4 is 54.0 Å². The smallest absolute Gasteiger partial charge is 0.252 e. The minimum Gasteiger partial charge on any atom is -0.370 e. The van der Waals surface area contributed by atoms with Gasteiger partial charge >= 0.3 is 0 Å². The zero-order valence-electron chi connectivity index (χ0n) is 59.4. The number of unbranched alkanes of at least 4 members (excludes halogenated alkanes) is 1. The van der Waals surface area contributed by atoms with Crippen molar-refractivity contribution in [2.45, 2.75) is 164 Å². The van der Waals surface area contributed by atoms with Crippen molar-refractivity contribution < 1.29 is 57.5 Å². The quantitative estimate of drug-likeness (QED) is 0.0248. The number of H-pyrrole nitrogens is 1. The summed E-state index contributed by atoms with van der Waals surface area (Å²) in [5, 5.41) is 23.0. The van der Waals surface area contributed by atoms with E-state index in [0.717, 1.165) is 0 Å². The number of aromatic nitrogens is 4. The van der Waals surface area contributed by atoms with Crippen LogP contribution in [0.3, 0.4) is 0 Å². The Morgan fingerprint density at radius 1 is 0.551 bits per heavy atom. The Balaban J connectivity index is 0.934. The molecule has 563 valence electrons. The molecule has 9 rings (SSSR count). The summed E-state index contributed by atoms with van der Waals surface area (Å²) >= 11 is 12.8. The number of carbonyl (C=O) groups excluding carboxylic acids is 12. The van der Waals surface area contributed by atoms with E-state index < -0.39 is 126 Å². The average Bonchev–Trinajstić information content (AvgIpc) is 1.74. The molecule has 2 saturated heterocycles. The Morgan fingerprint density at radius 2 is 1.07 bits per heavy atom. The van der Waals surface area contributed by atoms with Gasteiger partial charge in [-0.25, -0.2) is 0 Å². The van der Waals surface area contributed by atoms with Crippen LogP contribution in [0.2, 0.25) is 10.0 Å². The monoisotopic (exact) mass is 1500 g/mol. The second-order valence-corrected chi connectivity index (χ2v) is 28.0. The van der Waals surface area contributed by atoms with Crippen LogP contribution in [0.4, 0.5) is 0 Å². The Labute approximate surface area is 629 Å². The van der Waals surface area contributed by atoms with Gasteiger partial charge in [0.25, 0.3) is 5.91 Å². The highest BCUT2D eigenvalue weighted by atomic mass is 35.5. The molecule has 11 amide bonds. The second-order valence-electron chi connectivity index (χ2n) is 27.2. The van der Waals surface area contributed by atoms with Gasteiger partial charge in [0.05, 0.1) is 34.1 Å². The molecule has 7 aromatic rings. The molecular weight excluding hydrogens is 1410 g/mol. The van der Waals surface area contributed by atoms with Crippen molar-refractivity contribution in [3.05, 3.63) is 196 Å². The molecule has 30 heteroatoms. The zero-order chi connectivity index (χ0) is 76.5. The number of pyridine rings is 3. The van der Waals surface area contributed by atoms with E-state index in [1.165, 1.54) is 40.5 Å². The Bertz CT molecular complexity index is 4260. The summed E-state index contributed by atoms with van der Waals surface area (Å²) in [4.78, 5) is 189. The Hall–Kier alpha value is -11.0. The highest BCUT2D eigenvalue weighted by molar-refractivity contribution is 6.42. The predicted molar refractivity (Wildman–Crippen MR) is 399 cm³/mol. The van der Waals surface area contributed by atoms with E-state index in [9.17, 15) is 38.4 Å². The number of nitrogens with two attached hydrogens (primary N) is 2. The fraction of sp³-hybridized carbons (Fsp3) is 0.390. The number of hydrogen-bond donors (Lipinski definition) is 11. The number of hydrogen-bond acceptors (Lipinski definition) is 16. The van der Waals surface area contributed by atoms with Crippen molar-refractivity contribution >= 4 is 105 Å². The lowest BCUT2D eigenvalue weighted by atomic mass is 10.00. The van der Waals surface area contributed by atoms with Crippen LogP contribution in [-0.2, 0) is 84.8 Å². The van der Waals surface area contributed by atoms with Crippen LogP contribution in [0.5, 0.6) is 0 Å². The van der Waals surface area contributed by atoms with Gasteiger partial charge in [0.2, 0.25) is 65.4 Å². The summed E-state index contributed by atoms with van der Waals surface area (Å²) in [5.74, 6) is -8.41.